The molecule has 0 spiro atoms. The van der Waals surface area contributed by atoms with E-state index in [4.69, 9.17) is 5.41 Å². The van der Waals surface area contributed by atoms with Gasteiger partial charge in [0.2, 0.25) is 10.0 Å². The van der Waals surface area contributed by atoms with E-state index in [1.165, 1.54) is 0 Å². The number of nitrogens with zero attached hydrogens (tertiary/aromatic N) is 2. The molecule has 1 atom stereocenters. The van der Waals surface area contributed by atoms with Crippen LogP contribution in [0.1, 0.15) is 65.4 Å². The van der Waals surface area contributed by atoms with Crippen molar-refractivity contribution in [2.45, 2.75) is 70.2 Å². The van der Waals surface area contributed by atoms with Gasteiger partial charge in [-0.25, -0.2) is 8.42 Å². The van der Waals surface area contributed by atoms with Crippen LogP contribution in [0.4, 0.5) is 0 Å². The maximum atomic E-state index is 13.0. The lowest BCUT2D eigenvalue weighted by Crippen LogP contribution is -2.46. The van der Waals surface area contributed by atoms with Crippen molar-refractivity contribution in [1.29, 1.82) is 5.41 Å². The molecule has 1 aromatic carbocycles. The van der Waals surface area contributed by atoms with Gasteiger partial charge in [0.25, 0.3) is 5.91 Å². The number of rotatable bonds is 7. The number of nitrogens with one attached hydrogen (secondary N) is 2. The van der Waals surface area contributed by atoms with Crippen molar-refractivity contribution < 1.29 is 13.2 Å². The molecule has 2 N–H and O–H groups in total. The van der Waals surface area contributed by atoms with Gasteiger partial charge in [-0.1, -0.05) is 39.8 Å². The Balaban J connectivity index is 1.60. The molecule has 2 heterocycles. The number of hydrogen-bond acceptors (Lipinski definition) is 4. The topological polar surface area (TPSA) is 93.6 Å². The number of amides is 1. The number of carbonyl (C=O) groups is 1. The fraction of sp³-hybridized carbons (Fsp3) is 0.652. The molecule has 2 aliphatic rings. The van der Waals surface area contributed by atoms with Gasteiger partial charge < -0.3 is 5.32 Å². The quantitative estimate of drug-likeness (QED) is 0.669. The fourth-order valence-corrected chi connectivity index (χ4v) is 6.14. The van der Waals surface area contributed by atoms with Crippen LogP contribution >= 0.6 is 0 Å². The minimum absolute atomic E-state index is 0.0495. The summed E-state index contributed by atoms with van der Waals surface area (Å²) in [5.41, 5.74) is 0.394. The Labute approximate surface area is 186 Å². The molecule has 8 heteroatoms. The standard InChI is InChI=1S/C23H36N4O3S/c1-16(2)14-23(5)21(28)27(22(24)25-23)15-18-10-12-26(13-11-18)31(29,30)20-8-6-19(7-9-20)17(3)4/h6-9,16-18H,10-15H2,1-5H3,(H2,24,25). The number of carbonyl (C=O) groups excluding carboxylic acids is 1. The summed E-state index contributed by atoms with van der Waals surface area (Å²) in [6, 6.07) is 7.16. The van der Waals surface area contributed by atoms with E-state index in [0.29, 0.717) is 55.6 Å². The summed E-state index contributed by atoms with van der Waals surface area (Å²) in [5, 5.41) is 11.3. The molecule has 2 saturated heterocycles. The fourth-order valence-electron chi connectivity index (χ4n) is 4.67. The van der Waals surface area contributed by atoms with Crippen LogP contribution in [0.3, 0.4) is 0 Å². The molecule has 0 aromatic heterocycles. The second kappa shape index (κ2) is 8.90. The van der Waals surface area contributed by atoms with Crippen LogP contribution in [0, 0.1) is 17.2 Å². The average molecular weight is 449 g/mol. The lowest BCUT2D eigenvalue weighted by molar-refractivity contribution is -0.131. The minimum atomic E-state index is -3.51. The molecule has 0 radical (unpaired) electrons. The Morgan fingerprint density at radius 1 is 1.13 bits per heavy atom. The second-order valence-corrected chi connectivity index (χ2v) is 11.8. The van der Waals surface area contributed by atoms with E-state index >= 15 is 0 Å². The summed E-state index contributed by atoms with van der Waals surface area (Å²) in [4.78, 5) is 14.8. The highest BCUT2D eigenvalue weighted by molar-refractivity contribution is 7.89. The maximum Gasteiger partial charge on any atom is 0.254 e. The Hall–Kier alpha value is -1.93. The van der Waals surface area contributed by atoms with E-state index in [-0.39, 0.29) is 17.8 Å². The van der Waals surface area contributed by atoms with Crippen LogP contribution in [-0.4, -0.2) is 54.7 Å². The van der Waals surface area contributed by atoms with E-state index in [1.807, 2.05) is 19.1 Å². The highest BCUT2D eigenvalue weighted by atomic mass is 32.2. The summed E-state index contributed by atoms with van der Waals surface area (Å²) in [6.07, 6.45) is 2.04. The zero-order valence-electron chi connectivity index (χ0n) is 19.3. The maximum absolute atomic E-state index is 13.0. The van der Waals surface area contributed by atoms with Gasteiger partial charge in [-0.3, -0.25) is 15.1 Å². The Morgan fingerprint density at radius 2 is 1.71 bits per heavy atom. The highest BCUT2D eigenvalue weighted by Gasteiger charge is 2.46. The van der Waals surface area contributed by atoms with Crippen LogP contribution in [0.25, 0.3) is 0 Å². The summed E-state index contributed by atoms with van der Waals surface area (Å²) >= 11 is 0. The molecule has 1 unspecified atom stereocenters. The van der Waals surface area contributed by atoms with E-state index in [1.54, 1.807) is 21.3 Å². The molecule has 1 amide bonds. The molecule has 2 aliphatic heterocycles. The second-order valence-electron chi connectivity index (χ2n) is 9.89. The molecule has 0 aliphatic carbocycles. The molecule has 2 fully saturated rings. The van der Waals surface area contributed by atoms with Gasteiger partial charge in [-0.2, -0.15) is 4.31 Å². The van der Waals surface area contributed by atoms with Gasteiger partial charge in [0.15, 0.2) is 5.96 Å². The van der Waals surface area contributed by atoms with Gasteiger partial charge >= 0.3 is 0 Å². The van der Waals surface area contributed by atoms with Crippen molar-refractivity contribution in [3.05, 3.63) is 29.8 Å². The van der Waals surface area contributed by atoms with E-state index in [0.717, 1.165) is 5.56 Å². The Morgan fingerprint density at radius 3 is 2.23 bits per heavy atom. The predicted molar refractivity (Wildman–Crippen MR) is 122 cm³/mol. The van der Waals surface area contributed by atoms with Crippen LogP contribution in [-0.2, 0) is 14.8 Å². The zero-order chi connectivity index (χ0) is 23.0. The number of piperidine rings is 1. The van der Waals surface area contributed by atoms with Crippen molar-refractivity contribution >= 4 is 21.9 Å². The van der Waals surface area contributed by atoms with Crippen LogP contribution in [0.5, 0.6) is 0 Å². The van der Waals surface area contributed by atoms with Gasteiger partial charge in [0.1, 0.15) is 5.54 Å². The first-order valence-electron chi connectivity index (χ1n) is 11.2. The first kappa shape index (κ1) is 23.7. The SMILES string of the molecule is CC(C)CC1(C)NC(=N)N(CC2CCN(S(=O)(=O)c3ccc(C(C)C)cc3)CC2)C1=O. The molecular formula is C23H36N4O3S. The monoisotopic (exact) mass is 448 g/mol. The third-order valence-electron chi connectivity index (χ3n) is 6.40. The van der Waals surface area contributed by atoms with Crippen molar-refractivity contribution in [2.24, 2.45) is 11.8 Å². The number of sulfonamides is 1. The third-order valence-corrected chi connectivity index (χ3v) is 8.31. The lowest BCUT2D eigenvalue weighted by atomic mass is 9.90. The van der Waals surface area contributed by atoms with Crippen LogP contribution in [0.2, 0.25) is 0 Å². The zero-order valence-corrected chi connectivity index (χ0v) is 20.1. The molecule has 3 rings (SSSR count). The van der Waals surface area contributed by atoms with Crippen molar-refractivity contribution in [2.75, 3.05) is 19.6 Å². The molecule has 0 bridgehead atoms. The minimum Gasteiger partial charge on any atom is -0.342 e. The van der Waals surface area contributed by atoms with Crippen LogP contribution in [0.15, 0.2) is 29.2 Å². The van der Waals surface area contributed by atoms with Gasteiger partial charge in [-0.15, -0.1) is 0 Å². The first-order chi connectivity index (χ1) is 14.4. The average Bonchev–Trinajstić information content (AvgIpc) is 2.90. The molecule has 172 valence electrons. The van der Waals surface area contributed by atoms with Gasteiger partial charge in [0, 0.05) is 19.6 Å². The van der Waals surface area contributed by atoms with E-state index in [2.05, 4.69) is 33.0 Å². The van der Waals surface area contributed by atoms with Crippen molar-refractivity contribution in [3.63, 3.8) is 0 Å². The third kappa shape index (κ3) is 4.95. The summed E-state index contributed by atoms with van der Waals surface area (Å²) in [7, 11) is -3.51. The van der Waals surface area contributed by atoms with Crippen molar-refractivity contribution in [1.82, 2.24) is 14.5 Å². The predicted octanol–water partition coefficient (Wildman–Crippen LogP) is 3.38. The first-order valence-corrected chi connectivity index (χ1v) is 12.7. The molecule has 0 saturated carbocycles. The Bertz CT molecular complexity index is 919. The highest BCUT2D eigenvalue weighted by Crippen LogP contribution is 2.29. The molecule has 31 heavy (non-hydrogen) atoms. The van der Waals surface area contributed by atoms with E-state index in [9.17, 15) is 13.2 Å². The number of benzene rings is 1. The largest absolute Gasteiger partial charge is 0.342 e. The van der Waals surface area contributed by atoms with Gasteiger partial charge in [0.05, 0.1) is 4.90 Å². The Kier molecular flexibility index (Phi) is 6.81. The molecular weight excluding hydrogens is 412 g/mol. The summed E-state index contributed by atoms with van der Waals surface area (Å²) in [5.74, 6) is 0.996. The summed E-state index contributed by atoms with van der Waals surface area (Å²) < 4.78 is 27.6. The van der Waals surface area contributed by atoms with E-state index < -0.39 is 15.6 Å². The number of guanidine groups is 1. The van der Waals surface area contributed by atoms with Gasteiger partial charge in [-0.05, 0) is 61.6 Å². The normalized spacial score (nSPS) is 23.8. The van der Waals surface area contributed by atoms with Crippen molar-refractivity contribution in [3.8, 4) is 0 Å². The smallest absolute Gasteiger partial charge is 0.254 e. The lowest BCUT2D eigenvalue weighted by Gasteiger charge is -2.33. The van der Waals surface area contributed by atoms with Crippen LogP contribution < -0.4 is 5.32 Å². The molecule has 7 nitrogen and oxygen atoms in total. The number of hydrogen-bond donors (Lipinski definition) is 2. The summed E-state index contributed by atoms with van der Waals surface area (Å²) in [6.45, 7) is 11.5. The molecule has 1 aromatic rings.